The van der Waals surface area contributed by atoms with Gasteiger partial charge in [0.05, 0.1) is 0 Å². The molecule has 0 aliphatic heterocycles. The van der Waals surface area contributed by atoms with E-state index in [-0.39, 0.29) is 6.04 Å². The second-order valence-corrected chi connectivity index (χ2v) is 4.12. The van der Waals surface area contributed by atoms with Gasteiger partial charge in [-0.1, -0.05) is 24.5 Å². The molecule has 14 heavy (non-hydrogen) atoms. The number of nitrogens with two attached hydrogens (primary N) is 1. The third kappa shape index (κ3) is 4.25. The van der Waals surface area contributed by atoms with Crippen LogP contribution in [0.25, 0.3) is 0 Å². The maximum Gasteiger partial charge on any atom is 0.0480 e. The molecule has 0 spiro atoms. The molecule has 1 rings (SSSR count). The molecule has 0 heterocycles. The van der Waals surface area contributed by atoms with Crippen molar-refractivity contribution >= 4 is 0 Å². The Bertz CT molecular complexity index is 177. The van der Waals surface area contributed by atoms with Crippen LogP contribution in [0.2, 0.25) is 0 Å². The highest BCUT2D eigenvalue weighted by molar-refractivity contribution is 5.10. The molecular weight excluding hydrogens is 174 g/mol. The Labute approximate surface area is 87.5 Å². The number of methoxy groups -OCH3 is 1. The largest absolute Gasteiger partial charge is 0.385 e. The van der Waals surface area contributed by atoms with Gasteiger partial charge < -0.3 is 10.5 Å². The fourth-order valence-electron chi connectivity index (χ4n) is 1.98. The second-order valence-electron chi connectivity index (χ2n) is 4.12. The predicted molar refractivity (Wildman–Crippen MR) is 60.3 cm³/mol. The molecule has 0 bridgehead atoms. The van der Waals surface area contributed by atoms with Gasteiger partial charge >= 0.3 is 0 Å². The molecule has 0 fully saturated rings. The molecule has 0 radical (unpaired) electrons. The SMILES string of the molecule is COCCC(N)C1=CCCCCCC1. The van der Waals surface area contributed by atoms with E-state index < -0.39 is 0 Å². The topological polar surface area (TPSA) is 35.2 Å². The number of hydrogen-bond donors (Lipinski definition) is 1. The summed E-state index contributed by atoms with van der Waals surface area (Å²) in [4.78, 5) is 0. The van der Waals surface area contributed by atoms with Crippen LogP contribution in [0.4, 0.5) is 0 Å². The van der Waals surface area contributed by atoms with Crippen molar-refractivity contribution in [3.05, 3.63) is 11.6 Å². The van der Waals surface area contributed by atoms with Crippen LogP contribution < -0.4 is 5.73 Å². The van der Waals surface area contributed by atoms with E-state index in [0.29, 0.717) is 0 Å². The second kappa shape index (κ2) is 7.02. The van der Waals surface area contributed by atoms with E-state index in [9.17, 15) is 0 Å². The first kappa shape index (κ1) is 11.7. The molecule has 1 aliphatic rings. The van der Waals surface area contributed by atoms with Crippen molar-refractivity contribution in [1.82, 2.24) is 0 Å². The van der Waals surface area contributed by atoms with Crippen molar-refractivity contribution in [2.75, 3.05) is 13.7 Å². The van der Waals surface area contributed by atoms with Crippen LogP contribution in [0.1, 0.15) is 44.9 Å². The number of ether oxygens (including phenoxy) is 1. The van der Waals surface area contributed by atoms with E-state index in [0.717, 1.165) is 13.0 Å². The van der Waals surface area contributed by atoms with Gasteiger partial charge in [0.2, 0.25) is 0 Å². The molecule has 1 unspecified atom stereocenters. The van der Waals surface area contributed by atoms with Crippen LogP contribution in [0, 0.1) is 0 Å². The van der Waals surface area contributed by atoms with Crippen molar-refractivity contribution < 1.29 is 4.74 Å². The summed E-state index contributed by atoms with van der Waals surface area (Å²) in [7, 11) is 1.74. The van der Waals surface area contributed by atoms with E-state index in [4.69, 9.17) is 10.5 Å². The highest BCUT2D eigenvalue weighted by Gasteiger charge is 2.09. The molecule has 0 aromatic heterocycles. The smallest absolute Gasteiger partial charge is 0.0480 e. The number of rotatable bonds is 4. The fraction of sp³-hybridized carbons (Fsp3) is 0.833. The summed E-state index contributed by atoms with van der Waals surface area (Å²) in [5.41, 5.74) is 7.57. The van der Waals surface area contributed by atoms with Crippen LogP contribution in [-0.4, -0.2) is 19.8 Å². The fourth-order valence-corrected chi connectivity index (χ4v) is 1.98. The van der Waals surface area contributed by atoms with Crippen molar-refractivity contribution in [1.29, 1.82) is 0 Å². The molecule has 1 aliphatic carbocycles. The highest BCUT2D eigenvalue weighted by Crippen LogP contribution is 2.19. The van der Waals surface area contributed by atoms with Crippen LogP contribution in [0.15, 0.2) is 11.6 Å². The zero-order valence-corrected chi connectivity index (χ0v) is 9.30. The minimum absolute atomic E-state index is 0.230. The molecule has 2 heteroatoms. The van der Waals surface area contributed by atoms with E-state index in [1.807, 2.05) is 0 Å². The third-order valence-corrected chi connectivity index (χ3v) is 2.94. The summed E-state index contributed by atoms with van der Waals surface area (Å²) in [6.45, 7) is 0.776. The summed E-state index contributed by atoms with van der Waals surface area (Å²) in [5, 5.41) is 0. The maximum atomic E-state index is 6.11. The minimum Gasteiger partial charge on any atom is -0.385 e. The molecule has 1 atom stereocenters. The Morgan fingerprint density at radius 3 is 2.93 bits per heavy atom. The quantitative estimate of drug-likeness (QED) is 0.703. The number of hydrogen-bond acceptors (Lipinski definition) is 2. The Balaban J connectivity index is 2.37. The Morgan fingerprint density at radius 2 is 2.14 bits per heavy atom. The lowest BCUT2D eigenvalue weighted by Crippen LogP contribution is -2.24. The van der Waals surface area contributed by atoms with Gasteiger partial charge in [0, 0.05) is 19.8 Å². The lowest BCUT2D eigenvalue weighted by molar-refractivity contribution is 0.190. The molecular formula is C12H23NO. The van der Waals surface area contributed by atoms with Gasteiger partial charge in [-0.25, -0.2) is 0 Å². The molecule has 2 N–H and O–H groups in total. The van der Waals surface area contributed by atoms with Gasteiger partial charge in [0.1, 0.15) is 0 Å². The monoisotopic (exact) mass is 197 g/mol. The predicted octanol–water partition coefficient (Wildman–Crippen LogP) is 2.63. The summed E-state index contributed by atoms with van der Waals surface area (Å²) in [6.07, 6.45) is 11.1. The van der Waals surface area contributed by atoms with Crippen molar-refractivity contribution in [3.8, 4) is 0 Å². The first-order valence-electron chi connectivity index (χ1n) is 5.78. The Morgan fingerprint density at radius 1 is 1.36 bits per heavy atom. The van der Waals surface area contributed by atoms with Crippen LogP contribution in [0.3, 0.4) is 0 Å². The standard InChI is InChI=1S/C12H23NO/c1-14-10-9-12(13)11-7-5-3-2-4-6-8-11/h7,12H,2-6,8-10,13H2,1H3. The molecule has 0 saturated carbocycles. The summed E-state index contributed by atoms with van der Waals surface area (Å²) >= 11 is 0. The molecule has 2 nitrogen and oxygen atoms in total. The van der Waals surface area contributed by atoms with Gasteiger partial charge in [-0.3, -0.25) is 0 Å². The van der Waals surface area contributed by atoms with E-state index in [1.54, 1.807) is 7.11 Å². The highest BCUT2D eigenvalue weighted by atomic mass is 16.5. The van der Waals surface area contributed by atoms with Crippen molar-refractivity contribution in [3.63, 3.8) is 0 Å². The van der Waals surface area contributed by atoms with Gasteiger partial charge in [-0.2, -0.15) is 0 Å². The maximum absolute atomic E-state index is 6.11. The van der Waals surface area contributed by atoms with E-state index in [2.05, 4.69) is 6.08 Å². The van der Waals surface area contributed by atoms with Crippen molar-refractivity contribution in [2.45, 2.75) is 51.0 Å². The lowest BCUT2D eigenvalue weighted by Gasteiger charge is -2.17. The third-order valence-electron chi connectivity index (χ3n) is 2.94. The van der Waals surface area contributed by atoms with Crippen LogP contribution >= 0.6 is 0 Å². The van der Waals surface area contributed by atoms with Crippen LogP contribution in [0.5, 0.6) is 0 Å². The first-order valence-corrected chi connectivity index (χ1v) is 5.78. The summed E-state index contributed by atoms with van der Waals surface area (Å²) in [5.74, 6) is 0. The summed E-state index contributed by atoms with van der Waals surface area (Å²) < 4.78 is 5.05. The molecule has 0 amide bonds. The van der Waals surface area contributed by atoms with Crippen molar-refractivity contribution in [2.24, 2.45) is 5.73 Å². The van der Waals surface area contributed by atoms with Gasteiger partial charge in [0.25, 0.3) is 0 Å². The van der Waals surface area contributed by atoms with Crippen LogP contribution in [-0.2, 0) is 4.74 Å². The molecule has 0 aromatic carbocycles. The molecule has 82 valence electrons. The molecule has 0 aromatic rings. The van der Waals surface area contributed by atoms with E-state index in [1.165, 1.54) is 44.1 Å². The average Bonchev–Trinajstić information content (AvgIpc) is 2.13. The zero-order chi connectivity index (χ0) is 10.2. The zero-order valence-electron chi connectivity index (χ0n) is 9.30. The normalized spacial score (nSPS) is 20.9. The lowest BCUT2D eigenvalue weighted by atomic mass is 9.94. The Kier molecular flexibility index (Phi) is 5.88. The van der Waals surface area contributed by atoms with Gasteiger partial charge in [-0.15, -0.1) is 0 Å². The summed E-state index contributed by atoms with van der Waals surface area (Å²) in [6, 6.07) is 0.230. The number of allylic oxidation sites excluding steroid dienone is 1. The van der Waals surface area contributed by atoms with Gasteiger partial charge in [-0.05, 0) is 32.1 Å². The first-order chi connectivity index (χ1) is 6.84. The molecule has 0 saturated heterocycles. The van der Waals surface area contributed by atoms with E-state index >= 15 is 0 Å². The van der Waals surface area contributed by atoms with Gasteiger partial charge in [0.15, 0.2) is 0 Å². The minimum atomic E-state index is 0.230. The average molecular weight is 197 g/mol. The Hall–Kier alpha value is -0.340.